The van der Waals surface area contributed by atoms with Gasteiger partial charge in [0.15, 0.2) is 6.29 Å². The third kappa shape index (κ3) is 2.56. The Bertz CT molecular complexity index is 574. The van der Waals surface area contributed by atoms with Crippen molar-refractivity contribution in [2.45, 2.75) is 20.8 Å². The van der Waals surface area contributed by atoms with Gasteiger partial charge in [0.1, 0.15) is 5.75 Å². The molecular weight excluding hydrogens is 226 g/mol. The maximum atomic E-state index is 10.5. The first-order chi connectivity index (χ1) is 8.60. The highest BCUT2D eigenvalue weighted by Gasteiger charge is 2.06. The van der Waals surface area contributed by atoms with Gasteiger partial charge in [-0.2, -0.15) is 0 Å². The van der Waals surface area contributed by atoms with Crippen molar-refractivity contribution in [1.29, 1.82) is 0 Å². The molecule has 1 heterocycles. The molecule has 0 atom stereocenters. The van der Waals surface area contributed by atoms with E-state index in [4.69, 9.17) is 4.74 Å². The van der Waals surface area contributed by atoms with Gasteiger partial charge < -0.3 is 4.74 Å². The standard InChI is InChI=1S/C15H15NO2/c1-10-6-11(2)12(3)14(7-10)18-15-5-4-13(9-17)8-16-15/h4-9H,1-3H3. The first-order valence-corrected chi connectivity index (χ1v) is 5.77. The van der Waals surface area contributed by atoms with Crippen molar-refractivity contribution in [3.8, 4) is 11.6 Å². The van der Waals surface area contributed by atoms with Gasteiger partial charge in [-0.25, -0.2) is 4.98 Å². The van der Waals surface area contributed by atoms with Gasteiger partial charge in [-0.05, 0) is 49.6 Å². The van der Waals surface area contributed by atoms with Crippen molar-refractivity contribution in [2.75, 3.05) is 0 Å². The molecule has 3 nitrogen and oxygen atoms in total. The number of hydrogen-bond acceptors (Lipinski definition) is 3. The SMILES string of the molecule is Cc1cc(C)c(C)c(Oc2ccc(C=O)cn2)c1. The Labute approximate surface area is 106 Å². The quantitative estimate of drug-likeness (QED) is 0.770. The van der Waals surface area contributed by atoms with E-state index in [1.807, 2.05) is 19.9 Å². The molecule has 0 bridgehead atoms. The molecule has 3 heteroatoms. The molecule has 18 heavy (non-hydrogen) atoms. The molecule has 0 saturated carbocycles. The van der Waals surface area contributed by atoms with E-state index < -0.39 is 0 Å². The van der Waals surface area contributed by atoms with Crippen molar-refractivity contribution in [3.63, 3.8) is 0 Å². The second kappa shape index (κ2) is 5.00. The smallest absolute Gasteiger partial charge is 0.219 e. The van der Waals surface area contributed by atoms with E-state index in [-0.39, 0.29) is 0 Å². The second-order valence-corrected chi connectivity index (χ2v) is 4.35. The normalized spacial score (nSPS) is 10.2. The highest BCUT2D eigenvalue weighted by atomic mass is 16.5. The molecule has 0 saturated heterocycles. The van der Waals surface area contributed by atoms with Crippen LogP contribution in [0.4, 0.5) is 0 Å². The highest BCUT2D eigenvalue weighted by molar-refractivity contribution is 5.74. The molecule has 0 amide bonds. The van der Waals surface area contributed by atoms with Crippen molar-refractivity contribution in [1.82, 2.24) is 4.98 Å². The van der Waals surface area contributed by atoms with Crippen molar-refractivity contribution >= 4 is 6.29 Å². The van der Waals surface area contributed by atoms with Crippen LogP contribution in [0.15, 0.2) is 30.5 Å². The summed E-state index contributed by atoms with van der Waals surface area (Å²) in [6.07, 6.45) is 2.26. The summed E-state index contributed by atoms with van der Waals surface area (Å²) in [5.74, 6) is 1.30. The number of aldehydes is 1. The first-order valence-electron chi connectivity index (χ1n) is 5.77. The zero-order valence-corrected chi connectivity index (χ0v) is 10.7. The number of carbonyl (C=O) groups is 1. The van der Waals surface area contributed by atoms with Crippen LogP contribution in [0.25, 0.3) is 0 Å². The Morgan fingerprint density at radius 1 is 1.17 bits per heavy atom. The number of carbonyl (C=O) groups excluding carboxylic acids is 1. The Morgan fingerprint density at radius 2 is 1.94 bits per heavy atom. The molecule has 1 aromatic carbocycles. The molecule has 0 aliphatic rings. The maximum absolute atomic E-state index is 10.5. The van der Waals surface area contributed by atoms with E-state index in [0.717, 1.165) is 23.2 Å². The molecule has 92 valence electrons. The molecule has 2 aromatic rings. The summed E-state index contributed by atoms with van der Waals surface area (Å²) < 4.78 is 5.74. The minimum Gasteiger partial charge on any atom is -0.439 e. The molecular formula is C15H15NO2. The van der Waals surface area contributed by atoms with Crippen LogP contribution < -0.4 is 4.74 Å². The van der Waals surface area contributed by atoms with Gasteiger partial charge in [0.25, 0.3) is 0 Å². The van der Waals surface area contributed by atoms with E-state index in [9.17, 15) is 4.79 Å². The van der Waals surface area contributed by atoms with E-state index >= 15 is 0 Å². The average molecular weight is 241 g/mol. The molecule has 1 aromatic heterocycles. The van der Waals surface area contributed by atoms with Gasteiger partial charge in [0.05, 0.1) is 0 Å². The summed E-state index contributed by atoms with van der Waals surface area (Å²) in [5, 5.41) is 0. The van der Waals surface area contributed by atoms with Crippen molar-refractivity contribution in [2.24, 2.45) is 0 Å². The van der Waals surface area contributed by atoms with Crippen molar-refractivity contribution < 1.29 is 9.53 Å². The Kier molecular flexibility index (Phi) is 3.42. The fraction of sp³-hybridized carbons (Fsp3) is 0.200. The fourth-order valence-electron chi connectivity index (χ4n) is 1.74. The average Bonchev–Trinajstić information content (AvgIpc) is 2.36. The number of nitrogens with zero attached hydrogens (tertiary/aromatic N) is 1. The molecule has 0 fully saturated rings. The minimum atomic E-state index is 0.494. The van der Waals surface area contributed by atoms with Gasteiger partial charge in [0, 0.05) is 17.8 Å². The number of ether oxygens (including phenoxy) is 1. The van der Waals surface area contributed by atoms with Gasteiger partial charge in [-0.15, -0.1) is 0 Å². The van der Waals surface area contributed by atoms with Crippen LogP contribution in [-0.4, -0.2) is 11.3 Å². The molecule has 0 N–H and O–H groups in total. The summed E-state index contributed by atoms with van der Waals surface area (Å²) >= 11 is 0. The van der Waals surface area contributed by atoms with Crippen molar-refractivity contribution in [3.05, 3.63) is 52.7 Å². The third-order valence-corrected chi connectivity index (χ3v) is 2.87. The fourth-order valence-corrected chi connectivity index (χ4v) is 1.74. The molecule has 0 spiro atoms. The lowest BCUT2D eigenvalue weighted by Gasteiger charge is -2.11. The molecule has 0 aliphatic heterocycles. The van der Waals surface area contributed by atoms with Gasteiger partial charge in [-0.1, -0.05) is 6.07 Å². The number of benzene rings is 1. The molecule has 2 rings (SSSR count). The van der Waals surface area contributed by atoms with Crippen LogP contribution in [0.5, 0.6) is 11.6 Å². The van der Waals surface area contributed by atoms with Gasteiger partial charge in [0.2, 0.25) is 5.88 Å². The lowest BCUT2D eigenvalue weighted by atomic mass is 10.1. The monoisotopic (exact) mass is 241 g/mol. The second-order valence-electron chi connectivity index (χ2n) is 4.35. The predicted octanol–water partition coefficient (Wildman–Crippen LogP) is 3.61. The molecule has 0 unspecified atom stereocenters. The maximum Gasteiger partial charge on any atom is 0.219 e. The summed E-state index contributed by atoms with van der Waals surface area (Å²) in [6, 6.07) is 7.48. The number of aromatic nitrogens is 1. The zero-order valence-electron chi connectivity index (χ0n) is 10.7. The Morgan fingerprint density at radius 3 is 2.56 bits per heavy atom. The van der Waals surface area contributed by atoms with E-state index in [2.05, 4.69) is 18.0 Å². The van der Waals surface area contributed by atoms with Crippen LogP contribution in [-0.2, 0) is 0 Å². The summed E-state index contributed by atoms with van der Waals surface area (Å²) in [7, 11) is 0. The minimum absolute atomic E-state index is 0.494. The number of pyridine rings is 1. The van der Waals surface area contributed by atoms with E-state index in [0.29, 0.717) is 11.4 Å². The topological polar surface area (TPSA) is 39.2 Å². The van der Waals surface area contributed by atoms with E-state index in [1.165, 1.54) is 11.8 Å². The van der Waals surface area contributed by atoms with E-state index in [1.54, 1.807) is 12.1 Å². The summed E-state index contributed by atoms with van der Waals surface area (Å²) in [4.78, 5) is 14.6. The van der Waals surface area contributed by atoms with Crippen LogP contribution in [0.1, 0.15) is 27.0 Å². The lowest BCUT2D eigenvalue weighted by molar-refractivity contribution is 0.112. The van der Waals surface area contributed by atoms with Crippen LogP contribution in [0, 0.1) is 20.8 Å². The lowest BCUT2D eigenvalue weighted by Crippen LogP contribution is -1.94. The predicted molar refractivity (Wildman–Crippen MR) is 70.4 cm³/mol. The summed E-state index contributed by atoms with van der Waals surface area (Å²) in [6.45, 7) is 6.10. The highest BCUT2D eigenvalue weighted by Crippen LogP contribution is 2.27. The third-order valence-electron chi connectivity index (χ3n) is 2.87. The molecule has 0 aliphatic carbocycles. The first kappa shape index (κ1) is 12.3. The Balaban J connectivity index is 2.30. The van der Waals surface area contributed by atoms with Gasteiger partial charge >= 0.3 is 0 Å². The van der Waals surface area contributed by atoms with Crippen LogP contribution in [0.2, 0.25) is 0 Å². The zero-order chi connectivity index (χ0) is 13.1. The molecule has 0 radical (unpaired) electrons. The number of hydrogen-bond donors (Lipinski definition) is 0. The summed E-state index contributed by atoms with van der Waals surface area (Å²) in [5.41, 5.74) is 3.98. The van der Waals surface area contributed by atoms with Gasteiger partial charge in [-0.3, -0.25) is 4.79 Å². The Hall–Kier alpha value is -2.16. The number of aryl methyl sites for hydroxylation is 2. The van der Waals surface area contributed by atoms with Crippen LogP contribution in [0.3, 0.4) is 0 Å². The number of rotatable bonds is 3. The van der Waals surface area contributed by atoms with Crippen LogP contribution >= 0.6 is 0 Å². The largest absolute Gasteiger partial charge is 0.439 e.